The van der Waals surface area contributed by atoms with Crippen LogP contribution in [0.25, 0.3) is 22.3 Å². The molecule has 2 aliphatic rings. The topological polar surface area (TPSA) is 85.5 Å². The fourth-order valence-electron chi connectivity index (χ4n) is 4.80. The second-order valence-electron chi connectivity index (χ2n) is 9.84. The molecule has 176 valence electrons. The molecular formula is C29H24N6O. The summed E-state index contributed by atoms with van der Waals surface area (Å²) >= 11 is 0. The molecule has 7 nitrogen and oxygen atoms in total. The predicted molar refractivity (Wildman–Crippen MR) is 140 cm³/mol. The lowest BCUT2D eigenvalue weighted by molar-refractivity contribution is 0.213. The second-order valence-corrected chi connectivity index (χ2v) is 9.84. The Hall–Kier alpha value is -4.57. The molecule has 0 unspecified atom stereocenters. The first-order valence-electron chi connectivity index (χ1n) is 11.8. The van der Waals surface area contributed by atoms with Gasteiger partial charge in [0.25, 0.3) is 0 Å². The number of rotatable bonds is 3. The zero-order chi connectivity index (χ0) is 25.0. The normalized spacial score (nSPS) is 14.7. The summed E-state index contributed by atoms with van der Waals surface area (Å²) in [4.78, 5) is 30.9. The molecule has 0 saturated heterocycles. The first-order chi connectivity index (χ1) is 17.4. The summed E-state index contributed by atoms with van der Waals surface area (Å²) in [5, 5.41) is 9.52. The molecule has 4 heterocycles. The van der Waals surface area contributed by atoms with Crippen molar-refractivity contribution in [3.8, 4) is 17.3 Å². The van der Waals surface area contributed by atoms with E-state index in [2.05, 4.69) is 34.2 Å². The lowest BCUT2D eigenvalue weighted by atomic mass is 9.86. The molecular weight excluding hydrogens is 448 g/mol. The number of aliphatic imine (C=N–C) groups is 1. The molecule has 2 aliphatic heterocycles. The van der Waals surface area contributed by atoms with Crippen molar-refractivity contribution >= 4 is 34.7 Å². The van der Waals surface area contributed by atoms with Crippen LogP contribution in [0.5, 0.6) is 0 Å². The zero-order valence-electron chi connectivity index (χ0n) is 20.4. The minimum atomic E-state index is -0.618. The molecule has 2 amide bonds. The van der Waals surface area contributed by atoms with E-state index in [1.165, 1.54) is 5.56 Å². The van der Waals surface area contributed by atoms with E-state index in [0.717, 1.165) is 44.8 Å². The van der Waals surface area contributed by atoms with Crippen LogP contribution in [0.1, 0.15) is 36.1 Å². The largest absolute Gasteiger partial charge is 0.329 e. The maximum atomic E-state index is 13.5. The minimum Gasteiger partial charge on any atom is -0.323 e. The van der Waals surface area contributed by atoms with Gasteiger partial charge in [-0.25, -0.2) is 9.78 Å². The highest BCUT2D eigenvalue weighted by Gasteiger charge is 2.32. The highest BCUT2D eigenvalue weighted by atomic mass is 16.2. The first-order valence-corrected chi connectivity index (χ1v) is 11.8. The van der Waals surface area contributed by atoms with Crippen LogP contribution in [0.4, 0.5) is 16.2 Å². The second kappa shape index (κ2) is 7.99. The number of nitrogens with zero attached hydrogens (tertiary/aromatic N) is 6. The fraction of sp³-hybridized carbons (Fsp3) is 0.207. The molecule has 0 fully saturated rings. The number of anilines is 2. The average molecular weight is 473 g/mol. The van der Waals surface area contributed by atoms with Crippen LogP contribution in [-0.4, -0.2) is 34.2 Å². The molecule has 2 aromatic heterocycles. The SMILES string of the molecule is CN1Cc2cnc3ccc(-c4ccc5c(c4)C=NC5)nc3c2N(c2ccc(C(C)(C)C#N)cc2)C1=O. The molecule has 36 heavy (non-hydrogen) atoms. The van der Waals surface area contributed by atoms with E-state index in [4.69, 9.17) is 4.98 Å². The van der Waals surface area contributed by atoms with Gasteiger partial charge < -0.3 is 4.90 Å². The predicted octanol–water partition coefficient (Wildman–Crippen LogP) is 5.73. The number of pyridine rings is 2. The van der Waals surface area contributed by atoms with E-state index in [1.807, 2.05) is 62.7 Å². The van der Waals surface area contributed by atoms with E-state index in [9.17, 15) is 10.1 Å². The van der Waals surface area contributed by atoms with Gasteiger partial charge in [-0.1, -0.05) is 24.3 Å². The molecule has 0 spiro atoms. The number of carbonyl (C=O) groups is 1. The lowest BCUT2D eigenvalue weighted by Gasteiger charge is -2.35. The fourth-order valence-corrected chi connectivity index (χ4v) is 4.80. The van der Waals surface area contributed by atoms with Gasteiger partial charge in [0.15, 0.2) is 0 Å². The Morgan fingerprint density at radius 3 is 2.61 bits per heavy atom. The minimum absolute atomic E-state index is 0.136. The third-order valence-corrected chi connectivity index (χ3v) is 6.97. The van der Waals surface area contributed by atoms with Gasteiger partial charge in [-0.2, -0.15) is 5.26 Å². The van der Waals surface area contributed by atoms with Crippen molar-refractivity contribution < 1.29 is 4.79 Å². The van der Waals surface area contributed by atoms with E-state index in [0.29, 0.717) is 18.6 Å². The number of hydrogen-bond donors (Lipinski definition) is 0. The van der Waals surface area contributed by atoms with Crippen LogP contribution < -0.4 is 4.90 Å². The summed E-state index contributed by atoms with van der Waals surface area (Å²) in [6.45, 7) is 4.93. The number of urea groups is 1. The molecule has 0 atom stereocenters. The smallest absolute Gasteiger partial charge is 0.323 e. The van der Waals surface area contributed by atoms with Crippen LogP contribution in [0.15, 0.2) is 65.8 Å². The van der Waals surface area contributed by atoms with Crippen molar-refractivity contribution in [1.82, 2.24) is 14.9 Å². The van der Waals surface area contributed by atoms with Gasteiger partial charge in [-0.15, -0.1) is 0 Å². The Kier molecular flexibility index (Phi) is 4.87. The Balaban J connectivity index is 1.52. The van der Waals surface area contributed by atoms with Crippen LogP contribution in [0.2, 0.25) is 0 Å². The molecule has 0 N–H and O–H groups in total. The summed E-state index contributed by atoms with van der Waals surface area (Å²) in [5.41, 5.74) is 8.22. The van der Waals surface area contributed by atoms with Crippen LogP contribution >= 0.6 is 0 Å². The monoisotopic (exact) mass is 472 g/mol. The van der Waals surface area contributed by atoms with Crippen molar-refractivity contribution in [3.63, 3.8) is 0 Å². The molecule has 6 rings (SSSR count). The van der Waals surface area contributed by atoms with Gasteiger partial charge in [0.2, 0.25) is 0 Å². The molecule has 2 aromatic carbocycles. The average Bonchev–Trinajstić information content (AvgIpc) is 3.37. The van der Waals surface area contributed by atoms with Crippen molar-refractivity contribution in [2.24, 2.45) is 4.99 Å². The summed E-state index contributed by atoms with van der Waals surface area (Å²) in [6.07, 6.45) is 3.73. The standard InChI is InChI=1S/C29H24N6O/c1-29(2,17-30)22-6-8-23(9-7-22)35-27-21(16-34(3)28(35)36)15-32-25-11-10-24(33-26(25)27)18-4-5-19-13-31-14-20(19)12-18/h4-12,14-15H,13,16H2,1-3H3. The third-order valence-electron chi connectivity index (χ3n) is 6.97. The Labute approximate surface area is 209 Å². The van der Waals surface area contributed by atoms with E-state index < -0.39 is 5.41 Å². The molecule has 4 aromatic rings. The van der Waals surface area contributed by atoms with Crippen LogP contribution in [-0.2, 0) is 18.5 Å². The van der Waals surface area contributed by atoms with E-state index in [1.54, 1.807) is 16.8 Å². The Morgan fingerprint density at radius 1 is 1.03 bits per heavy atom. The quantitative estimate of drug-likeness (QED) is 0.381. The zero-order valence-corrected chi connectivity index (χ0v) is 20.4. The Morgan fingerprint density at radius 2 is 1.83 bits per heavy atom. The van der Waals surface area contributed by atoms with Gasteiger partial charge in [0.1, 0.15) is 5.52 Å². The van der Waals surface area contributed by atoms with Gasteiger partial charge in [-0.05, 0) is 60.9 Å². The molecule has 0 bridgehead atoms. The number of amides is 2. The summed E-state index contributed by atoms with van der Waals surface area (Å²) < 4.78 is 0. The van der Waals surface area contributed by atoms with Crippen molar-refractivity contribution in [2.75, 3.05) is 11.9 Å². The van der Waals surface area contributed by atoms with Crippen molar-refractivity contribution in [1.29, 1.82) is 5.26 Å². The summed E-state index contributed by atoms with van der Waals surface area (Å²) in [5.74, 6) is 0. The molecule has 0 radical (unpaired) electrons. The first kappa shape index (κ1) is 21.9. The summed E-state index contributed by atoms with van der Waals surface area (Å²) in [7, 11) is 1.78. The lowest BCUT2D eigenvalue weighted by Crippen LogP contribution is -2.42. The van der Waals surface area contributed by atoms with E-state index in [-0.39, 0.29) is 6.03 Å². The highest BCUT2D eigenvalue weighted by molar-refractivity contribution is 6.08. The summed E-state index contributed by atoms with van der Waals surface area (Å²) in [6, 6.07) is 20.0. The van der Waals surface area contributed by atoms with Crippen LogP contribution in [0.3, 0.4) is 0 Å². The number of carbonyl (C=O) groups excluding carboxylic acids is 1. The molecule has 0 aliphatic carbocycles. The number of benzene rings is 2. The Bertz CT molecular complexity index is 1610. The third kappa shape index (κ3) is 3.42. The molecule has 0 saturated carbocycles. The number of aromatic nitrogens is 2. The van der Waals surface area contributed by atoms with Crippen molar-refractivity contribution in [2.45, 2.75) is 32.4 Å². The maximum Gasteiger partial charge on any atom is 0.329 e. The van der Waals surface area contributed by atoms with Gasteiger partial charge in [0.05, 0.1) is 47.2 Å². The van der Waals surface area contributed by atoms with Gasteiger partial charge in [0, 0.05) is 30.6 Å². The molecule has 7 heteroatoms. The number of nitriles is 1. The van der Waals surface area contributed by atoms with E-state index >= 15 is 0 Å². The van der Waals surface area contributed by atoms with Crippen molar-refractivity contribution in [3.05, 3.63) is 83.0 Å². The highest BCUT2D eigenvalue weighted by Crippen LogP contribution is 2.40. The van der Waals surface area contributed by atoms with Gasteiger partial charge >= 0.3 is 6.03 Å². The number of hydrogen-bond acceptors (Lipinski definition) is 5. The van der Waals surface area contributed by atoms with Gasteiger partial charge in [-0.3, -0.25) is 14.9 Å². The van der Waals surface area contributed by atoms with Crippen LogP contribution in [0, 0.1) is 11.3 Å². The number of fused-ring (bicyclic) bond motifs is 4. The maximum absolute atomic E-state index is 13.5.